The van der Waals surface area contributed by atoms with Crippen molar-refractivity contribution >= 4 is 17.7 Å². The molecule has 18 heavy (non-hydrogen) atoms. The van der Waals surface area contributed by atoms with Crippen LogP contribution in [-0.2, 0) is 9.59 Å². The van der Waals surface area contributed by atoms with Crippen LogP contribution in [-0.4, -0.2) is 34.9 Å². The Hall–Kier alpha value is -1.63. The van der Waals surface area contributed by atoms with Gasteiger partial charge >= 0.3 is 5.97 Å². The van der Waals surface area contributed by atoms with Gasteiger partial charge in [-0.2, -0.15) is 0 Å². The van der Waals surface area contributed by atoms with Gasteiger partial charge in [0.05, 0.1) is 0 Å². The lowest BCUT2D eigenvalue weighted by Gasteiger charge is -2.30. The summed E-state index contributed by atoms with van der Waals surface area (Å²) in [4.78, 5) is 27.0. The lowest BCUT2D eigenvalue weighted by Crippen LogP contribution is -2.58. The number of nitrogens with zero attached hydrogens (tertiary/aromatic N) is 1. The minimum absolute atomic E-state index is 0.00475. The number of carbonyl (C=O) groups excluding carboxylic acids is 1. The summed E-state index contributed by atoms with van der Waals surface area (Å²) in [6, 6.07) is 0. The number of carboxylic acid groups (broad SMARTS) is 1. The molecule has 7 N–H and O–H groups in total. The quantitative estimate of drug-likeness (QED) is 0.217. The minimum Gasteiger partial charge on any atom is -0.480 e. The molecule has 0 aliphatic heterocycles. The van der Waals surface area contributed by atoms with Gasteiger partial charge in [0.25, 0.3) is 0 Å². The first-order valence-corrected chi connectivity index (χ1v) is 5.64. The summed E-state index contributed by atoms with van der Waals surface area (Å²) < 4.78 is 0. The SMILES string of the molecule is CC(C)(C)C(=O)[C@](N)(CCCN=C(N)N)C(=O)O. The van der Waals surface area contributed by atoms with Gasteiger partial charge in [-0.05, 0) is 12.8 Å². The zero-order chi connectivity index (χ0) is 14.6. The zero-order valence-corrected chi connectivity index (χ0v) is 11.1. The van der Waals surface area contributed by atoms with E-state index in [1.165, 1.54) is 0 Å². The van der Waals surface area contributed by atoms with Gasteiger partial charge < -0.3 is 22.3 Å². The predicted octanol–water partition coefficient (Wildman–Crippen LogP) is -0.563. The van der Waals surface area contributed by atoms with Gasteiger partial charge in [0.15, 0.2) is 17.3 Å². The maximum atomic E-state index is 12.1. The van der Waals surface area contributed by atoms with Crippen LogP contribution in [0.2, 0.25) is 0 Å². The Morgan fingerprint density at radius 1 is 1.22 bits per heavy atom. The Kier molecular flexibility index (Phi) is 5.29. The van der Waals surface area contributed by atoms with Crippen molar-refractivity contribution in [2.75, 3.05) is 6.54 Å². The summed E-state index contributed by atoms with van der Waals surface area (Å²) in [5.74, 6) is -1.91. The van der Waals surface area contributed by atoms with Crippen molar-refractivity contribution in [1.82, 2.24) is 0 Å². The van der Waals surface area contributed by atoms with E-state index in [9.17, 15) is 9.59 Å². The molecule has 104 valence electrons. The van der Waals surface area contributed by atoms with Crippen LogP contribution >= 0.6 is 0 Å². The second kappa shape index (κ2) is 5.81. The van der Waals surface area contributed by atoms with E-state index in [0.717, 1.165) is 0 Å². The number of rotatable bonds is 6. The van der Waals surface area contributed by atoms with Gasteiger partial charge in [-0.3, -0.25) is 9.79 Å². The van der Waals surface area contributed by atoms with Crippen LogP contribution in [0.1, 0.15) is 33.6 Å². The standard InChI is InChI=1S/C11H22N4O3/c1-10(2,3)7(16)11(14,8(17)18)5-4-6-15-9(12)13/h4-6,14H2,1-3H3,(H,17,18)(H4,12,13,15)/t11-/m1/s1. The van der Waals surface area contributed by atoms with Crippen molar-refractivity contribution in [1.29, 1.82) is 0 Å². The Morgan fingerprint density at radius 3 is 2.06 bits per heavy atom. The molecule has 0 amide bonds. The first-order chi connectivity index (χ1) is 8.01. The van der Waals surface area contributed by atoms with E-state index in [4.69, 9.17) is 22.3 Å². The Morgan fingerprint density at radius 2 is 1.72 bits per heavy atom. The lowest BCUT2D eigenvalue weighted by molar-refractivity contribution is -0.151. The molecule has 0 aromatic rings. The van der Waals surface area contributed by atoms with Gasteiger partial charge in [0.2, 0.25) is 0 Å². The molecule has 0 aliphatic carbocycles. The van der Waals surface area contributed by atoms with E-state index >= 15 is 0 Å². The van der Waals surface area contributed by atoms with Gasteiger partial charge in [-0.15, -0.1) is 0 Å². The van der Waals surface area contributed by atoms with Crippen molar-refractivity contribution in [3.05, 3.63) is 0 Å². The molecule has 0 saturated carbocycles. The molecule has 0 rings (SSSR count). The molecular weight excluding hydrogens is 236 g/mol. The molecule has 0 aliphatic rings. The average molecular weight is 258 g/mol. The summed E-state index contributed by atoms with van der Waals surface area (Å²) in [5.41, 5.74) is 13.3. The Balaban J connectivity index is 4.80. The van der Waals surface area contributed by atoms with Crippen LogP contribution in [0.25, 0.3) is 0 Å². The highest BCUT2D eigenvalue weighted by atomic mass is 16.4. The van der Waals surface area contributed by atoms with Gasteiger partial charge in [-0.1, -0.05) is 20.8 Å². The van der Waals surface area contributed by atoms with E-state index < -0.39 is 22.7 Å². The monoisotopic (exact) mass is 258 g/mol. The summed E-state index contributed by atoms with van der Waals surface area (Å²) >= 11 is 0. The highest BCUT2D eigenvalue weighted by Crippen LogP contribution is 2.25. The van der Waals surface area contributed by atoms with Crippen LogP contribution in [0, 0.1) is 5.41 Å². The molecule has 0 spiro atoms. The average Bonchev–Trinajstić information content (AvgIpc) is 2.21. The largest absolute Gasteiger partial charge is 0.480 e. The molecule has 7 nitrogen and oxygen atoms in total. The number of Topliss-reactive ketones (excluding diaryl/α,β-unsaturated/α-hetero) is 1. The molecule has 0 radical (unpaired) electrons. The molecule has 7 heteroatoms. The van der Waals surface area contributed by atoms with Gasteiger partial charge in [0, 0.05) is 12.0 Å². The Labute approximate surface area is 106 Å². The predicted molar refractivity (Wildman–Crippen MR) is 68.9 cm³/mol. The van der Waals surface area contributed by atoms with Gasteiger partial charge in [-0.25, -0.2) is 4.79 Å². The molecular formula is C11H22N4O3. The topological polar surface area (TPSA) is 145 Å². The number of hydrogen-bond donors (Lipinski definition) is 4. The fourth-order valence-corrected chi connectivity index (χ4v) is 1.55. The number of nitrogens with two attached hydrogens (primary N) is 3. The van der Waals surface area contributed by atoms with Crippen LogP contribution in [0.4, 0.5) is 0 Å². The van der Waals surface area contributed by atoms with Gasteiger partial charge in [0.1, 0.15) is 0 Å². The highest BCUT2D eigenvalue weighted by molar-refractivity contribution is 6.09. The molecule has 0 fully saturated rings. The maximum absolute atomic E-state index is 12.1. The summed E-state index contributed by atoms with van der Waals surface area (Å²) in [6.07, 6.45) is 0.317. The van der Waals surface area contributed by atoms with E-state index in [1.54, 1.807) is 20.8 Å². The maximum Gasteiger partial charge on any atom is 0.331 e. The van der Waals surface area contributed by atoms with E-state index in [1.807, 2.05) is 0 Å². The molecule has 0 bridgehead atoms. The molecule has 0 aromatic heterocycles. The molecule has 0 heterocycles. The first kappa shape index (κ1) is 16.4. The molecule has 0 unspecified atom stereocenters. The normalized spacial score (nSPS) is 14.7. The number of carbonyl (C=O) groups is 2. The zero-order valence-electron chi connectivity index (χ0n) is 11.1. The Bertz CT molecular complexity index is 356. The minimum atomic E-state index is -1.89. The van der Waals surface area contributed by atoms with Crippen molar-refractivity contribution < 1.29 is 14.7 Å². The number of hydrogen-bond acceptors (Lipinski definition) is 4. The third-order valence-electron chi connectivity index (χ3n) is 2.49. The van der Waals surface area contributed by atoms with Crippen molar-refractivity contribution in [3.8, 4) is 0 Å². The van der Waals surface area contributed by atoms with Crippen molar-refractivity contribution in [3.63, 3.8) is 0 Å². The number of carboxylic acids is 1. The smallest absolute Gasteiger partial charge is 0.331 e. The van der Waals surface area contributed by atoms with Crippen molar-refractivity contribution in [2.24, 2.45) is 27.6 Å². The third-order valence-corrected chi connectivity index (χ3v) is 2.49. The van der Waals surface area contributed by atoms with Crippen LogP contribution in [0.5, 0.6) is 0 Å². The molecule has 1 atom stereocenters. The summed E-state index contributed by atoms with van der Waals surface area (Å²) in [7, 11) is 0. The number of ketones is 1. The number of aliphatic carboxylic acids is 1. The summed E-state index contributed by atoms with van der Waals surface area (Å²) in [6.45, 7) is 5.15. The fourth-order valence-electron chi connectivity index (χ4n) is 1.55. The van der Waals surface area contributed by atoms with E-state index in [2.05, 4.69) is 4.99 Å². The number of guanidine groups is 1. The van der Waals surface area contributed by atoms with Crippen LogP contribution < -0.4 is 17.2 Å². The number of aliphatic imine (C=N–C) groups is 1. The lowest BCUT2D eigenvalue weighted by atomic mass is 9.76. The van der Waals surface area contributed by atoms with Crippen LogP contribution in [0.15, 0.2) is 4.99 Å². The molecule has 0 saturated heterocycles. The van der Waals surface area contributed by atoms with Crippen LogP contribution in [0.3, 0.4) is 0 Å². The van der Waals surface area contributed by atoms with E-state index in [-0.39, 0.29) is 18.9 Å². The molecule has 0 aromatic carbocycles. The highest BCUT2D eigenvalue weighted by Gasteiger charge is 2.46. The van der Waals surface area contributed by atoms with Crippen molar-refractivity contribution in [2.45, 2.75) is 39.2 Å². The second-order valence-electron chi connectivity index (χ2n) is 5.27. The first-order valence-electron chi connectivity index (χ1n) is 5.64. The third kappa shape index (κ3) is 4.33. The van der Waals surface area contributed by atoms with E-state index in [0.29, 0.717) is 6.42 Å². The second-order valence-corrected chi connectivity index (χ2v) is 5.27. The summed E-state index contributed by atoms with van der Waals surface area (Å²) in [5, 5.41) is 9.14. The fraction of sp³-hybridized carbons (Fsp3) is 0.727.